The van der Waals surface area contributed by atoms with Crippen molar-refractivity contribution in [1.29, 1.82) is 0 Å². The Labute approximate surface area is 102 Å². The molecule has 0 saturated carbocycles. The molecule has 0 aliphatic heterocycles. The van der Waals surface area contributed by atoms with Crippen molar-refractivity contribution < 1.29 is 4.42 Å². The van der Waals surface area contributed by atoms with Gasteiger partial charge in [-0.05, 0) is 24.3 Å². The molecule has 6 nitrogen and oxygen atoms in total. The van der Waals surface area contributed by atoms with Gasteiger partial charge in [0.15, 0.2) is 0 Å². The van der Waals surface area contributed by atoms with Gasteiger partial charge in [-0.2, -0.15) is 4.98 Å². The number of H-pyrrole nitrogens is 1. The fourth-order valence-corrected chi connectivity index (χ4v) is 1.71. The molecule has 3 aromatic rings. The van der Waals surface area contributed by atoms with Gasteiger partial charge >= 0.3 is 5.69 Å². The molecule has 90 valence electrons. The molecule has 3 aromatic heterocycles. The van der Waals surface area contributed by atoms with Crippen LogP contribution in [0.4, 0.5) is 5.82 Å². The van der Waals surface area contributed by atoms with Crippen LogP contribution in [0.25, 0.3) is 11.0 Å². The molecule has 0 spiro atoms. The Morgan fingerprint density at radius 2 is 2.28 bits per heavy atom. The maximum atomic E-state index is 11.4. The summed E-state index contributed by atoms with van der Waals surface area (Å²) in [5.74, 6) is 1.27. The molecule has 18 heavy (non-hydrogen) atoms. The van der Waals surface area contributed by atoms with Crippen molar-refractivity contribution in [1.82, 2.24) is 15.0 Å². The van der Waals surface area contributed by atoms with Crippen LogP contribution in [0.15, 0.2) is 45.9 Å². The summed E-state index contributed by atoms with van der Waals surface area (Å²) in [5.41, 5.74) is 0.0857. The fraction of sp³-hybridized carbons (Fsp3) is 0.0833. The molecule has 0 fully saturated rings. The highest BCUT2D eigenvalue weighted by molar-refractivity contribution is 5.85. The largest absolute Gasteiger partial charge is 0.467 e. The van der Waals surface area contributed by atoms with E-state index in [4.69, 9.17) is 4.42 Å². The minimum atomic E-state index is -0.428. The summed E-state index contributed by atoms with van der Waals surface area (Å²) in [4.78, 5) is 22.0. The maximum absolute atomic E-state index is 11.4. The third-order valence-electron chi connectivity index (χ3n) is 2.51. The summed E-state index contributed by atoms with van der Waals surface area (Å²) < 4.78 is 5.21. The second-order valence-corrected chi connectivity index (χ2v) is 3.72. The van der Waals surface area contributed by atoms with Crippen LogP contribution in [-0.4, -0.2) is 15.0 Å². The summed E-state index contributed by atoms with van der Waals surface area (Å²) in [7, 11) is 0. The molecule has 3 rings (SSSR count). The molecule has 0 bridgehead atoms. The fourth-order valence-electron chi connectivity index (χ4n) is 1.71. The van der Waals surface area contributed by atoms with E-state index < -0.39 is 5.69 Å². The van der Waals surface area contributed by atoms with Crippen LogP contribution in [-0.2, 0) is 6.54 Å². The van der Waals surface area contributed by atoms with Gasteiger partial charge < -0.3 is 9.73 Å². The lowest BCUT2D eigenvalue weighted by Gasteiger charge is -2.05. The van der Waals surface area contributed by atoms with E-state index in [2.05, 4.69) is 20.3 Å². The summed E-state index contributed by atoms with van der Waals surface area (Å²) >= 11 is 0. The molecule has 0 radical (unpaired) electrons. The predicted molar refractivity (Wildman–Crippen MR) is 66.2 cm³/mol. The van der Waals surface area contributed by atoms with Crippen molar-refractivity contribution >= 4 is 16.9 Å². The van der Waals surface area contributed by atoms with E-state index in [0.29, 0.717) is 18.0 Å². The summed E-state index contributed by atoms with van der Waals surface area (Å²) in [6.45, 7) is 0.466. The molecule has 2 N–H and O–H groups in total. The van der Waals surface area contributed by atoms with Crippen LogP contribution in [0, 0.1) is 0 Å². The highest BCUT2D eigenvalue weighted by Crippen LogP contribution is 2.16. The quantitative estimate of drug-likeness (QED) is 0.727. The first kappa shape index (κ1) is 10.5. The van der Waals surface area contributed by atoms with Gasteiger partial charge in [0, 0.05) is 6.20 Å². The summed E-state index contributed by atoms with van der Waals surface area (Å²) in [6, 6.07) is 7.29. The Bertz CT molecular complexity index is 718. The molecular weight excluding hydrogens is 232 g/mol. The standard InChI is InChI=1S/C12H10N4O2/c17-12-15-10-9(4-1-5-13-10)11(16-12)14-7-8-3-2-6-18-8/h1-6H,7H2,(H2,13,14,15,16,17). The lowest BCUT2D eigenvalue weighted by molar-refractivity contribution is 0.518. The zero-order valence-corrected chi connectivity index (χ0v) is 9.38. The normalized spacial score (nSPS) is 10.7. The minimum Gasteiger partial charge on any atom is -0.467 e. The molecule has 0 aliphatic carbocycles. The number of furan rings is 1. The molecule has 0 aromatic carbocycles. The van der Waals surface area contributed by atoms with Crippen LogP contribution in [0.5, 0.6) is 0 Å². The number of hydrogen-bond acceptors (Lipinski definition) is 5. The van der Waals surface area contributed by atoms with Gasteiger partial charge in [-0.25, -0.2) is 9.78 Å². The molecule has 0 saturated heterocycles. The first-order chi connectivity index (χ1) is 8.83. The highest BCUT2D eigenvalue weighted by Gasteiger charge is 2.05. The van der Waals surface area contributed by atoms with E-state index in [9.17, 15) is 4.79 Å². The van der Waals surface area contributed by atoms with Gasteiger partial charge in [0.25, 0.3) is 0 Å². The summed E-state index contributed by atoms with van der Waals surface area (Å²) in [6.07, 6.45) is 3.22. The van der Waals surface area contributed by atoms with Crippen molar-refractivity contribution in [2.24, 2.45) is 0 Å². The third-order valence-corrected chi connectivity index (χ3v) is 2.51. The van der Waals surface area contributed by atoms with Crippen molar-refractivity contribution in [3.63, 3.8) is 0 Å². The van der Waals surface area contributed by atoms with Gasteiger partial charge in [0.1, 0.15) is 17.2 Å². The van der Waals surface area contributed by atoms with E-state index in [0.717, 1.165) is 11.1 Å². The maximum Gasteiger partial charge on any atom is 0.348 e. The van der Waals surface area contributed by atoms with Crippen molar-refractivity contribution in [2.45, 2.75) is 6.54 Å². The number of hydrogen-bond donors (Lipinski definition) is 2. The Kier molecular flexibility index (Phi) is 2.53. The van der Waals surface area contributed by atoms with Crippen molar-refractivity contribution in [3.05, 3.63) is 53.0 Å². The Morgan fingerprint density at radius 1 is 1.33 bits per heavy atom. The van der Waals surface area contributed by atoms with Gasteiger partial charge in [0.2, 0.25) is 0 Å². The average Bonchev–Trinajstić information content (AvgIpc) is 2.89. The molecule has 3 heterocycles. The van der Waals surface area contributed by atoms with Crippen LogP contribution in [0.3, 0.4) is 0 Å². The van der Waals surface area contributed by atoms with E-state index in [1.165, 1.54) is 0 Å². The molecule has 0 amide bonds. The molecule has 0 aliphatic rings. The zero-order valence-electron chi connectivity index (χ0n) is 9.38. The van der Waals surface area contributed by atoms with Crippen LogP contribution >= 0.6 is 0 Å². The molecular formula is C12H10N4O2. The zero-order chi connectivity index (χ0) is 12.4. The number of anilines is 1. The lowest BCUT2D eigenvalue weighted by atomic mass is 10.3. The van der Waals surface area contributed by atoms with Crippen LogP contribution in [0.1, 0.15) is 5.76 Å². The van der Waals surface area contributed by atoms with Gasteiger partial charge in [-0.1, -0.05) is 0 Å². The van der Waals surface area contributed by atoms with E-state index in [1.807, 2.05) is 18.2 Å². The monoisotopic (exact) mass is 242 g/mol. The SMILES string of the molecule is O=c1nc(NCc2ccco2)c2cccnc2[nH]1. The second-order valence-electron chi connectivity index (χ2n) is 3.72. The van der Waals surface area contributed by atoms with Crippen LogP contribution < -0.4 is 11.0 Å². The Morgan fingerprint density at radius 3 is 3.11 bits per heavy atom. The Balaban J connectivity index is 1.98. The molecule has 0 atom stereocenters. The van der Waals surface area contributed by atoms with E-state index in [1.54, 1.807) is 18.5 Å². The Hall–Kier alpha value is -2.63. The summed E-state index contributed by atoms with van der Waals surface area (Å²) in [5, 5.41) is 3.83. The van der Waals surface area contributed by atoms with Crippen LogP contribution in [0.2, 0.25) is 0 Å². The van der Waals surface area contributed by atoms with Crippen molar-refractivity contribution in [3.8, 4) is 0 Å². The number of aromatic amines is 1. The second kappa shape index (κ2) is 4.33. The highest BCUT2D eigenvalue weighted by atomic mass is 16.3. The molecule has 6 heteroatoms. The van der Waals surface area contributed by atoms with Gasteiger partial charge in [-0.3, -0.25) is 4.98 Å². The third kappa shape index (κ3) is 1.95. The van der Waals surface area contributed by atoms with E-state index >= 15 is 0 Å². The van der Waals surface area contributed by atoms with Crippen molar-refractivity contribution in [2.75, 3.05) is 5.32 Å². The lowest BCUT2D eigenvalue weighted by Crippen LogP contribution is -2.14. The minimum absolute atomic E-state index is 0.428. The number of fused-ring (bicyclic) bond motifs is 1. The average molecular weight is 242 g/mol. The van der Waals surface area contributed by atoms with E-state index in [-0.39, 0.29) is 0 Å². The smallest absolute Gasteiger partial charge is 0.348 e. The number of pyridine rings is 1. The topological polar surface area (TPSA) is 83.8 Å². The number of nitrogens with one attached hydrogen (secondary N) is 2. The number of nitrogens with zero attached hydrogens (tertiary/aromatic N) is 2. The first-order valence-corrected chi connectivity index (χ1v) is 5.44. The van der Waals surface area contributed by atoms with Gasteiger partial charge in [0.05, 0.1) is 18.2 Å². The first-order valence-electron chi connectivity index (χ1n) is 5.44. The van der Waals surface area contributed by atoms with Gasteiger partial charge in [-0.15, -0.1) is 0 Å². The predicted octanol–water partition coefficient (Wildman–Crippen LogP) is 1.52. The number of rotatable bonds is 3. The molecule has 0 unspecified atom stereocenters. The number of aromatic nitrogens is 3.